The van der Waals surface area contributed by atoms with Gasteiger partial charge in [0.2, 0.25) is 0 Å². The molecule has 1 heterocycles. The summed E-state index contributed by atoms with van der Waals surface area (Å²) in [5.41, 5.74) is -0.159. The summed E-state index contributed by atoms with van der Waals surface area (Å²) in [6.07, 6.45) is 3.22. The smallest absolute Gasteiger partial charge is 0.354 e. The van der Waals surface area contributed by atoms with Crippen molar-refractivity contribution >= 4 is 11.9 Å². The van der Waals surface area contributed by atoms with Gasteiger partial charge in [-0.25, -0.2) is 9.78 Å². The highest BCUT2D eigenvalue weighted by Gasteiger charge is 2.24. The van der Waals surface area contributed by atoms with Crippen LogP contribution < -0.4 is 0 Å². The second kappa shape index (κ2) is 6.92. The summed E-state index contributed by atoms with van der Waals surface area (Å²) in [6.45, 7) is 7.23. The number of carboxylic acid groups (broad SMARTS) is 1. The molecule has 0 aliphatic heterocycles. The second-order valence-electron chi connectivity index (χ2n) is 4.46. The van der Waals surface area contributed by atoms with Crippen molar-refractivity contribution in [2.75, 3.05) is 13.1 Å². The molecular weight excluding hydrogens is 246 g/mol. The maximum Gasteiger partial charge on any atom is 0.354 e. The number of amides is 1. The minimum atomic E-state index is -1.17. The lowest BCUT2D eigenvalue weighted by Gasteiger charge is -2.24. The first-order valence-electron chi connectivity index (χ1n) is 6.60. The SMILES string of the molecule is CCC(CC)CN(CC)C(=O)c1nc[nH]c1C(=O)O. The van der Waals surface area contributed by atoms with Crippen LogP contribution in [0.1, 0.15) is 54.6 Å². The van der Waals surface area contributed by atoms with E-state index in [0.29, 0.717) is 19.0 Å². The molecule has 2 N–H and O–H groups in total. The minimum Gasteiger partial charge on any atom is -0.477 e. The summed E-state index contributed by atoms with van der Waals surface area (Å²) in [4.78, 5) is 31.3. The predicted octanol–water partition coefficient (Wildman–Crippen LogP) is 2.01. The Morgan fingerprint density at radius 2 is 2.00 bits per heavy atom. The van der Waals surface area contributed by atoms with Crippen LogP contribution in [0.15, 0.2) is 6.33 Å². The highest BCUT2D eigenvalue weighted by atomic mass is 16.4. The second-order valence-corrected chi connectivity index (χ2v) is 4.46. The number of carbonyl (C=O) groups is 2. The highest BCUT2D eigenvalue weighted by molar-refractivity contribution is 6.02. The van der Waals surface area contributed by atoms with Gasteiger partial charge in [0.15, 0.2) is 11.4 Å². The van der Waals surface area contributed by atoms with Gasteiger partial charge in [-0.3, -0.25) is 4.79 Å². The largest absolute Gasteiger partial charge is 0.477 e. The van der Waals surface area contributed by atoms with Crippen LogP contribution in [-0.2, 0) is 0 Å². The number of nitrogens with zero attached hydrogens (tertiary/aromatic N) is 2. The summed E-state index contributed by atoms with van der Waals surface area (Å²) < 4.78 is 0. The maximum atomic E-state index is 12.3. The lowest BCUT2D eigenvalue weighted by Crippen LogP contribution is -2.36. The van der Waals surface area contributed by atoms with Gasteiger partial charge < -0.3 is 15.0 Å². The van der Waals surface area contributed by atoms with E-state index in [0.717, 1.165) is 12.8 Å². The first-order valence-corrected chi connectivity index (χ1v) is 6.60. The zero-order valence-corrected chi connectivity index (χ0v) is 11.6. The van der Waals surface area contributed by atoms with Crippen molar-refractivity contribution < 1.29 is 14.7 Å². The maximum absolute atomic E-state index is 12.3. The summed E-state index contributed by atoms with van der Waals surface area (Å²) in [7, 11) is 0. The number of hydrogen-bond acceptors (Lipinski definition) is 3. The number of carboxylic acids is 1. The van der Waals surface area contributed by atoms with Gasteiger partial charge in [-0.2, -0.15) is 0 Å². The average molecular weight is 267 g/mol. The summed E-state index contributed by atoms with van der Waals surface area (Å²) in [6, 6.07) is 0. The van der Waals surface area contributed by atoms with Crippen LogP contribution in [0, 0.1) is 5.92 Å². The summed E-state index contributed by atoms with van der Waals surface area (Å²) in [5, 5.41) is 8.99. The van der Waals surface area contributed by atoms with E-state index in [-0.39, 0.29) is 17.3 Å². The fraction of sp³-hybridized carbons (Fsp3) is 0.615. The zero-order chi connectivity index (χ0) is 14.4. The third kappa shape index (κ3) is 3.56. The Balaban J connectivity index is 2.89. The molecule has 19 heavy (non-hydrogen) atoms. The normalized spacial score (nSPS) is 10.7. The molecule has 0 atom stereocenters. The monoisotopic (exact) mass is 267 g/mol. The number of H-pyrrole nitrogens is 1. The Hall–Kier alpha value is -1.85. The summed E-state index contributed by atoms with van der Waals surface area (Å²) in [5.74, 6) is -1.07. The van der Waals surface area contributed by atoms with Crippen molar-refractivity contribution in [3.05, 3.63) is 17.7 Å². The van der Waals surface area contributed by atoms with Gasteiger partial charge in [-0.1, -0.05) is 26.7 Å². The molecule has 0 aliphatic rings. The van der Waals surface area contributed by atoms with Crippen molar-refractivity contribution in [2.24, 2.45) is 5.92 Å². The molecule has 1 aromatic rings. The van der Waals surface area contributed by atoms with E-state index in [9.17, 15) is 9.59 Å². The van der Waals surface area contributed by atoms with E-state index in [2.05, 4.69) is 23.8 Å². The van der Waals surface area contributed by atoms with Crippen LogP contribution in [-0.4, -0.2) is 44.9 Å². The topological polar surface area (TPSA) is 86.3 Å². The van der Waals surface area contributed by atoms with Crippen LogP contribution in [0.2, 0.25) is 0 Å². The molecule has 0 saturated heterocycles. The number of imidazole rings is 1. The molecule has 1 rings (SSSR count). The van der Waals surface area contributed by atoms with Gasteiger partial charge in [-0.05, 0) is 12.8 Å². The van der Waals surface area contributed by atoms with Crippen LogP contribution >= 0.6 is 0 Å². The molecule has 0 unspecified atom stereocenters. The van der Waals surface area contributed by atoms with Crippen molar-refractivity contribution in [2.45, 2.75) is 33.6 Å². The zero-order valence-electron chi connectivity index (χ0n) is 11.6. The molecule has 0 aliphatic carbocycles. The van der Waals surface area contributed by atoms with E-state index in [1.807, 2.05) is 6.92 Å². The Bertz CT molecular complexity index is 438. The molecule has 0 aromatic carbocycles. The van der Waals surface area contributed by atoms with E-state index < -0.39 is 5.97 Å². The van der Waals surface area contributed by atoms with Crippen LogP contribution in [0.4, 0.5) is 0 Å². The molecule has 0 radical (unpaired) electrons. The van der Waals surface area contributed by atoms with Crippen LogP contribution in [0.25, 0.3) is 0 Å². The average Bonchev–Trinajstić information content (AvgIpc) is 2.89. The quantitative estimate of drug-likeness (QED) is 0.791. The number of nitrogens with one attached hydrogen (secondary N) is 1. The molecule has 6 heteroatoms. The Kier molecular flexibility index (Phi) is 5.54. The molecule has 0 bridgehead atoms. The molecule has 0 spiro atoms. The standard InChI is InChI=1S/C13H21N3O3/c1-4-9(5-2)7-16(6-3)12(17)10-11(13(18)19)15-8-14-10/h8-9H,4-7H2,1-3H3,(H,14,15)(H,18,19). The number of aromatic amines is 1. The lowest BCUT2D eigenvalue weighted by atomic mass is 10.0. The third-order valence-electron chi connectivity index (χ3n) is 3.36. The Morgan fingerprint density at radius 3 is 2.47 bits per heavy atom. The number of aromatic nitrogens is 2. The molecule has 1 aromatic heterocycles. The Morgan fingerprint density at radius 1 is 1.37 bits per heavy atom. The van der Waals surface area contributed by atoms with Crippen molar-refractivity contribution in [1.29, 1.82) is 0 Å². The van der Waals surface area contributed by atoms with E-state index in [1.165, 1.54) is 6.33 Å². The molecule has 0 saturated carbocycles. The molecule has 6 nitrogen and oxygen atoms in total. The Labute approximate surface area is 112 Å². The van der Waals surface area contributed by atoms with Crippen LogP contribution in [0.5, 0.6) is 0 Å². The predicted molar refractivity (Wildman–Crippen MR) is 71.2 cm³/mol. The molecule has 0 fully saturated rings. The number of aromatic carboxylic acids is 1. The molecule has 106 valence electrons. The molecular formula is C13H21N3O3. The highest BCUT2D eigenvalue weighted by Crippen LogP contribution is 2.13. The number of rotatable bonds is 7. The van der Waals surface area contributed by atoms with E-state index >= 15 is 0 Å². The first kappa shape index (κ1) is 15.2. The third-order valence-corrected chi connectivity index (χ3v) is 3.36. The van der Waals surface area contributed by atoms with Gasteiger partial charge in [0.1, 0.15) is 0 Å². The van der Waals surface area contributed by atoms with Gasteiger partial charge in [0.25, 0.3) is 5.91 Å². The fourth-order valence-electron chi connectivity index (χ4n) is 1.98. The first-order chi connectivity index (χ1) is 9.04. The van der Waals surface area contributed by atoms with E-state index in [4.69, 9.17) is 5.11 Å². The van der Waals surface area contributed by atoms with Gasteiger partial charge in [0, 0.05) is 13.1 Å². The van der Waals surface area contributed by atoms with Crippen molar-refractivity contribution in [3.8, 4) is 0 Å². The number of carbonyl (C=O) groups excluding carboxylic acids is 1. The van der Waals surface area contributed by atoms with Gasteiger partial charge in [0.05, 0.1) is 6.33 Å². The van der Waals surface area contributed by atoms with Gasteiger partial charge in [-0.15, -0.1) is 0 Å². The minimum absolute atomic E-state index is 0.0136. The van der Waals surface area contributed by atoms with Crippen molar-refractivity contribution in [1.82, 2.24) is 14.9 Å². The van der Waals surface area contributed by atoms with E-state index in [1.54, 1.807) is 4.90 Å². The van der Waals surface area contributed by atoms with Crippen molar-refractivity contribution in [3.63, 3.8) is 0 Å². The molecule has 1 amide bonds. The lowest BCUT2D eigenvalue weighted by molar-refractivity contribution is 0.0663. The van der Waals surface area contributed by atoms with Gasteiger partial charge >= 0.3 is 5.97 Å². The fourth-order valence-corrected chi connectivity index (χ4v) is 1.98. The van der Waals surface area contributed by atoms with Crippen LogP contribution in [0.3, 0.4) is 0 Å². The number of hydrogen-bond donors (Lipinski definition) is 2. The summed E-state index contributed by atoms with van der Waals surface area (Å²) >= 11 is 0.